The van der Waals surface area contributed by atoms with Crippen molar-refractivity contribution in [1.82, 2.24) is 15.1 Å². The van der Waals surface area contributed by atoms with Crippen LogP contribution >= 0.6 is 0 Å². The Morgan fingerprint density at radius 1 is 1.20 bits per heavy atom. The minimum Gasteiger partial charge on any atom is -0.353 e. The second-order valence-electron chi connectivity index (χ2n) is 6.94. The fourth-order valence-electron chi connectivity index (χ4n) is 3.96. The Kier molecular flexibility index (Phi) is 8.42. The van der Waals surface area contributed by atoms with Crippen molar-refractivity contribution in [3.63, 3.8) is 0 Å². The summed E-state index contributed by atoms with van der Waals surface area (Å²) in [5, 5.41) is 3.27. The molecule has 4 nitrogen and oxygen atoms in total. The molecule has 2 atom stereocenters. The monoisotopic (exact) mass is 345 g/mol. The number of benzene rings is 1. The molecule has 2 rings (SSSR count). The van der Waals surface area contributed by atoms with Gasteiger partial charge >= 0.3 is 0 Å². The third-order valence-corrected chi connectivity index (χ3v) is 5.33. The lowest BCUT2D eigenvalue weighted by atomic mass is 10.0. The molecule has 0 spiro atoms. The number of nitrogens with one attached hydrogen (secondary N) is 1. The minimum atomic E-state index is 0.0572. The summed E-state index contributed by atoms with van der Waals surface area (Å²) in [6.45, 7) is 11.3. The Morgan fingerprint density at radius 3 is 2.56 bits per heavy atom. The highest BCUT2D eigenvalue weighted by molar-refractivity contribution is 5.81. The summed E-state index contributed by atoms with van der Waals surface area (Å²) in [5.74, 6) is 0.209. The van der Waals surface area contributed by atoms with Crippen molar-refractivity contribution in [3.05, 3.63) is 35.9 Å². The lowest BCUT2D eigenvalue weighted by Gasteiger charge is -2.35. The standard InChI is InChI=1S/C21H35N3O/c1-4-15-24-16-11-10-14-19(24)21(25)22-17-20(23(5-2)6-3)18-12-8-7-9-13-18/h7-9,12-13,19-20H,4-6,10-11,14-17H2,1-3H3,(H,22,25). The van der Waals surface area contributed by atoms with Gasteiger partial charge in [-0.2, -0.15) is 0 Å². The molecule has 1 fully saturated rings. The molecule has 0 aliphatic carbocycles. The number of carbonyl (C=O) groups is 1. The number of hydrogen-bond donors (Lipinski definition) is 1. The van der Waals surface area contributed by atoms with Crippen LogP contribution in [0.2, 0.25) is 0 Å². The van der Waals surface area contributed by atoms with E-state index in [9.17, 15) is 4.79 Å². The molecule has 1 aromatic rings. The lowest BCUT2D eigenvalue weighted by molar-refractivity contribution is -0.127. The first kappa shape index (κ1) is 19.9. The normalized spacial score (nSPS) is 19.8. The van der Waals surface area contributed by atoms with Gasteiger partial charge in [0.25, 0.3) is 0 Å². The minimum absolute atomic E-state index is 0.0572. The van der Waals surface area contributed by atoms with Crippen molar-refractivity contribution >= 4 is 5.91 Å². The molecule has 25 heavy (non-hydrogen) atoms. The fraction of sp³-hybridized carbons (Fsp3) is 0.667. The van der Waals surface area contributed by atoms with Crippen LogP contribution in [0, 0.1) is 0 Å². The zero-order chi connectivity index (χ0) is 18.1. The summed E-state index contributed by atoms with van der Waals surface area (Å²) in [5.41, 5.74) is 1.28. The van der Waals surface area contributed by atoms with Crippen molar-refractivity contribution < 1.29 is 4.79 Å². The van der Waals surface area contributed by atoms with Crippen LogP contribution < -0.4 is 5.32 Å². The van der Waals surface area contributed by atoms with E-state index in [0.29, 0.717) is 6.54 Å². The van der Waals surface area contributed by atoms with Gasteiger partial charge in [-0.15, -0.1) is 0 Å². The topological polar surface area (TPSA) is 35.6 Å². The molecule has 2 unspecified atom stereocenters. The number of piperidine rings is 1. The van der Waals surface area contributed by atoms with Crippen molar-refractivity contribution in [2.45, 2.75) is 58.5 Å². The van der Waals surface area contributed by atoms with Gasteiger partial charge in [-0.3, -0.25) is 14.6 Å². The van der Waals surface area contributed by atoms with Gasteiger partial charge in [0, 0.05) is 6.54 Å². The number of nitrogens with zero attached hydrogens (tertiary/aromatic N) is 2. The molecule has 140 valence electrons. The van der Waals surface area contributed by atoms with E-state index >= 15 is 0 Å². The van der Waals surface area contributed by atoms with Crippen LogP contribution in [0.4, 0.5) is 0 Å². The first-order chi connectivity index (χ1) is 12.2. The molecule has 0 bridgehead atoms. The second-order valence-corrected chi connectivity index (χ2v) is 6.94. The SMILES string of the molecule is CCCN1CCCCC1C(=O)NCC(c1ccccc1)N(CC)CC. The number of hydrogen-bond acceptors (Lipinski definition) is 3. The summed E-state index contributed by atoms with van der Waals surface area (Å²) >= 11 is 0. The van der Waals surface area contributed by atoms with Crippen LogP contribution in [0.1, 0.15) is 58.1 Å². The zero-order valence-electron chi connectivity index (χ0n) is 16.2. The summed E-state index contributed by atoms with van der Waals surface area (Å²) in [6.07, 6.45) is 4.48. The van der Waals surface area contributed by atoms with E-state index in [4.69, 9.17) is 0 Å². The molecule has 0 aromatic heterocycles. The van der Waals surface area contributed by atoms with E-state index in [1.54, 1.807) is 0 Å². The van der Waals surface area contributed by atoms with E-state index in [2.05, 4.69) is 60.2 Å². The summed E-state index contributed by atoms with van der Waals surface area (Å²) in [6, 6.07) is 10.8. The van der Waals surface area contributed by atoms with Gasteiger partial charge in [-0.25, -0.2) is 0 Å². The Morgan fingerprint density at radius 2 is 1.92 bits per heavy atom. The van der Waals surface area contributed by atoms with Crippen molar-refractivity contribution in [2.24, 2.45) is 0 Å². The van der Waals surface area contributed by atoms with Gasteiger partial charge in [0.05, 0.1) is 12.1 Å². The van der Waals surface area contributed by atoms with Crippen LogP contribution in [0.15, 0.2) is 30.3 Å². The first-order valence-electron chi connectivity index (χ1n) is 10.0. The maximum Gasteiger partial charge on any atom is 0.237 e. The summed E-state index contributed by atoms with van der Waals surface area (Å²) < 4.78 is 0. The number of likely N-dealkylation sites (N-methyl/N-ethyl adjacent to an activating group) is 1. The Bertz CT molecular complexity index is 499. The molecule has 1 saturated heterocycles. The predicted octanol–water partition coefficient (Wildman–Crippen LogP) is 3.45. The van der Waals surface area contributed by atoms with Crippen LogP contribution in [0.5, 0.6) is 0 Å². The third-order valence-electron chi connectivity index (χ3n) is 5.33. The fourth-order valence-corrected chi connectivity index (χ4v) is 3.96. The second kappa shape index (κ2) is 10.6. The highest BCUT2D eigenvalue weighted by atomic mass is 16.2. The average Bonchev–Trinajstić information content (AvgIpc) is 2.66. The van der Waals surface area contributed by atoms with Crippen LogP contribution in [0.3, 0.4) is 0 Å². The summed E-state index contributed by atoms with van der Waals surface area (Å²) in [4.78, 5) is 17.6. The van der Waals surface area contributed by atoms with Gasteiger partial charge in [0.15, 0.2) is 0 Å². The van der Waals surface area contributed by atoms with Gasteiger partial charge in [-0.05, 0) is 51.0 Å². The number of likely N-dealkylation sites (tertiary alicyclic amines) is 1. The molecule has 4 heteroatoms. The van der Waals surface area contributed by atoms with E-state index < -0.39 is 0 Å². The molecule has 1 heterocycles. The molecule has 1 amide bonds. The first-order valence-corrected chi connectivity index (χ1v) is 10.0. The van der Waals surface area contributed by atoms with Crippen molar-refractivity contribution in [3.8, 4) is 0 Å². The van der Waals surface area contributed by atoms with Crippen molar-refractivity contribution in [2.75, 3.05) is 32.7 Å². The quantitative estimate of drug-likeness (QED) is 0.744. The van der Waals surface area contributed by atoms with Crippen LogP contribution in [-0.2, 0) is 4.79 Å². The van der Waals surface area contributed by atoms with Gasteiger partial charge in [0.1, 0.15) is 0 Å². The molecular weight excluding hydrogens is 310 g/mol. The smallest absolute Gasteiger partial charge is 0.237 e. The molecule has 1 aromatic carbocycles. The van der Waals surface area contributed by atoms with Gasteiger partial charge < -0.3 is 5.32 Å². The number of amides is 1. The molecule has 1 N–H and O–H groups in total. The van der Waals surface area contributed by atoms with Crippen LogP contribution in [-0.4, -0.2) is 54.5 Å². The Labute approximate surface area is 153 Å². The summed E-state index contributed by atoms with van der Waals surface area (Å²) in [7, 11) is 0. The zero-order valence-corrected chi connectivity index (χ0v) is 16.2. The molecule has 0 radical (unpaired) electrons. The van der Waals surface area contributed by atoms with E-state index in [-0.39, 0.29) is 18.0 Å². The molecule has 1 aliphatic rings. The predicted molar refractivity (Wildman–Crippen MR) is 105 cm³/mol. The Balaban J connectivity index is 2.02. The van der Waals surface area contributed by atoms with Gasteiger partial charge in [-0.1, -0.05) is 57.5 Å². The van der Waals surface area contributed by atoms with Crippen LogP contribution in [0.25, 0.3) is 0 Å². The lowest BCUT2D eigenvalue weighted by Crippen LogP contribution is -2.51. The Hall–Kier alpha value is -1.39. The molecule has 1 aliphatic heterocycles. The number of rotatable bonds is 9. The van der Waals surface area contributed by atoms with E-state index in [1.807, 2.05) is 6.07 Å². The number of carbonyl (C=O) groups excluding carboxylic acids is 1. The van der Waals surface area contributed by atoms with E-state index in [0.717, 1.165) is 45.4 Å². The largest absolute Gasteiger partial charge is 0.353 e. The highest BCUT2D eigenvalue weighted by Crippen LogP contribution is 2.21. The maximum atomic E-state index is 12.8. The molecular formula is C21H35N3O. The molecule has 0 saturated carbocycles. The highest BCUT2D eigenvalue weighted by Gasteiger charge is 2.28. The average molecular weight is 346 g/mol. The van der Waals surface area contributed by atoms with Crippen molar-refractivity contribution in [1.29, 1.82) is 0 Å². The third kappa shape index (κ3) is 5.55. The maximum absolute atomic E-state index is 12.8. The van der Waals surface area contributed by atoms with E-state index in [1.165, 1.54) is 12.0 Å². The van der Waals surface area contributed by atoms with Gasteiger partial charge in [0.2, 0.25) is 5.91 Å².